The van der Waals surface area contributed by atoms with E-state index >= 15 is 0 Å². The highest BCUT2D eigenvalue weighted by molar-refractivity contribution is 5.45. The van der Waals surface area contributed by atoms with Crippen LogP contribution in [-0.2, 0) is 5.54 Å². The van der Waals surface area contributed by atoms with E-state index in [0.29, 0.717) is 6.04 Å². The molecule has 3 heteroatoms. The van der Waals surface area contributed by atoms with E-state index in [0.717, 1.165) is 11.5 Å². The predicted molar refractivity (Wildman–Crippen MR) is 73.2 cm³/mol. The molecule has 2 aromatic heterocycles. The Labute approximate surface area is 109 Å². The first-order chi connectivity index (χ1) is 8.41. The highest BCUT2D eigenvalue weighted by Gasteiger charge is 2.28. The van der Waals surface area contributed by atoms with Gasteiger partial charge in [-0.2, -0.15) is 4.57 Å². The van der Waals surface area contributed by atoms with Crippen LogP contribution >= 0.6 is 0 Å². The highest BCUT2D eigenvalue weighted by atomic mass is 15.1. The molecular formula is C15H22N3+. The van der Waals surface area contributed by atoms with Gasteiger partial charge in [-0.25, -0.2) is 4.98 Å². The normalized spacial score (nSPS) is 12.1. The van der Waals surface area contributed by atoms with Gasteiger partial charge < -0.3 is 4.57 Å². The number of rotatable bonds is 2. The third-order valence-electron chi connectivity index (χ3n) is 3.04. The number of hydrogen-bond acceptors (Lipinski definition) is 1. The topological polar surface area (TPSA) is 21.7 Å². The minimum Gasteiger partial charge on any atom is -0.323 e. The van der Waals surface area contributed by atoms with Crippen molar-refractivity contribution >= 4 is 0 Å². The number of nitrogens with zero attached hydrogens (tertiary/aromatic N) is 3. The van der Waals surface area contributed by atoms with Crippen LogP contribution in [0.1, 0.15) is 40.7 Å². The number of hydrogen-bond donors (Lipinski definition) is 0. The fourth-order valence-electron chi connectivity index (χ4n) is 2.14. The molecule has 0 atom stereocenters. The summed E-state index contributed by atoms with van der Waals surface area (Å²) in [6.07, 6.45) is 6.03. The van der Waals surface area contributed by atoms with Gasteiger partial charge in [0.15, 0.2) is 11.7 Å². The summed E-state index contributed by atoms with van der Waals surface area (Å²) in [6.45, 7) is 11.0. The SMILES string of the molecule is CC(C)n1ccnc1-c1cccc[n+]1C(C)(C)C. The molecule has 0 N–H and O–H groups in total. The largest absolute Gasteiger partial charge is 0.323 e. The monoisotopic (exact) mass is 244 g/mol. The number of aromatic nitrogens is 3. The van der Waals surface area contributed by atoms with Gasteiger partial charge in [0.2, 0.25) is 11.5 Å². The molecular weight excluding hydrogens is 222 g/mol. The fraction of sp³-hybridized carbons (Fsp3) is 0.467. The molecule has 0 amide bonds. The highest BCUT2D eigenvalue weighted by Crippen LogP contribution is 2.20. The van der Waals surface area contributed by atoms with Gasteiger partial charge in [-0.15, -0.1) is 0 Å². The molecule has 0 radical (unpaired) electrons. The van der Waals surface area contributed by atoms with Crippen molar-refractivity contribution in [1.29, 1.82) is 0 Å². The van der Waals surface area contributed by atoms with Crippen LogP contribution in [0.25, 0.3) is 11.5 Å². The first-order valence-electron chi connectivity index (χ1n) is 6.45. The van der Waals surface area contributed by atoms with E-state index < -0.39 is 0 Å². The molecule has 0 saturated carbocycles. The van der Waals surface area contributed by atoms with Gasteiger partial charge in [-0.1, -0.05) is 0 Å². The first kappa shape index (κ1) is 12.8. The van der Waals surface area contributed by atoms with Gasteiger partial charge in [0, 0.05) is 51.3 Å². The smallest absolute Gasteiger partial charge is 0.248 e. The second-order valence-electron chi connectivity index (χ2n) is 5.88. The zero-order chi connectivity index (χ0) is 13.3. The molecule has 0 spiro atoms. The summed E-state index contributed by atoms with van der Waals surface area (Å²) in [5.74, 6) is 1.03. The van der Waals surface area contributed by atoms with E-state index in [1.54, 1.807) is 0 Å². The van der Waals surface area contributed by atoms with E-state index in [-0.39, 0.29) is 5.54 Å². The Hall–Kier alpha value is -1.64. The first-order valence-corrected chi connectivity index (χ1v) is 6.45. The Morgan fingerprint density at radius 3 is 2.56 bits per heavy atom. The quantitative estimate of drug-likeness (QED) is 0.744. The second-order valence-corrected chi connectivity index (χ2v) is 5.88. The maximum atomic E-state index is 4.52. The fourth-order valence-corrected chi connectivity index (χ4v) is 2.14. The predicted octanol–water partition coefficient (Wildman–Crippen LogP) is 3.17. The molecule has 0 saturated heterocycles. The number of imidazole rings is 1. The molecule has 0 aliphatic rings. The molecule has 2 aromatic rings. The van der Waals surface area contributed by atoms with Crippen molar-refractivity contribution in [2.45, 2.75) is 46.2 Å². The minimum atomic E-state index is 0.0460. The van der Waals surface area contributed by atoms with E-state index in [1.807, 2.05) is 12.4 Å². The maximum absolute atomic E-state index is 4.52. The third-order valence-corrected chi connectivity index (χ3v) is 3.04. The second kappa shape index (κ2) is 4.56. The van der Waals surface area contributed by atoms with E-state index in [4.69, 9.17) is 0 Å². The van der Waals surface area contributed by atoms with Crippen molar-refractivity contribution in [1.82, 2.24) is 9.55 Å². The van der Waals surface area contributed by atoms with E-state index in [2.05, 4.69) is 73.1 Å². The van der Waals surface area contributed by atoms with Crippen LogP contribution in [0.4, 0.5) is 0 Å². The summed E-state index contributed by atoms with van der Waals surface area (Å²) >= 11 is 0. The molecule has 18 heavy (non-hydrogen) atoms. The van der Waals surface area contributed by atoms with Crippen LogP contribution in [-0.4, -0.2) is 9.55 Å². The van der Waals surface area contributed by atoms with Gasteiger partial charge in [0.25, 0.3) is 0 Å². The molecule has 2 heterocycles. The summed E-state index contributed by atoms with van der Waals surface area (Å²) in [4.78, 5) is 4.52. The summed E-state index contributed by atoms with van der Waals surface area (Å²) in [5.41, 5.74) is 1.20. The molecule has 0 aliphatic heterocycles. The van der Waals surface area contributed by atoms with Crippen LogP contribution in [0.5, 0.6) is 0 Å². The summed E-state index contributed by atoms with van der Waals surface area (Å²) in [5, 5.41) is 0. The summed E-state index contributed by atoms with van der Waals surface area (Å²) in [6, 6.07) is 6.68. The zero-order valence-corrected chi connectivity index (χ0v) is 11.9. The van der Waals surface area contributed by atoms with Crippen molar-refractivity contribution in [3.63, 3.8) is 0 Å². The van der Waals surface area contributed by atoms with Gasteiger partial charge in [0.05, 0.1) is 0 Å². The molecule has 2 rings (SSSR count). The lowest BCUT2D eigenvalue weighted by Gasteiger charge is -2.17. The lowest BCUT2D eigenvalue weighted by molar-refractivity contribution is -0.744. The van der Waals surface area contributed by atoms with Crippen LogP contribution in [0, 0.1) is 0 Å². The zero-order valence-electron chi connectivity index (χ0n) is 11.9. The van der Waals surface area contributed by atoms with Crippen molar-refractivity contribution in [2.75, 3.05) is 0 Å². The van der Waals surface area contributed by atoms with Gasteiger partial charge in [-0.05, 0) is 19.9 Å². The average molecular weight is 244 g/mol. The molecule has 0 aliphatic carbocycles. The van der Waals surface area contributed by atoms with Crippen molar-refractivity contribution in [3.8, 4) is 11.5 Å². The maximum Gasteiger partial charge on any atom is 0.248 e. The van der Waals surface area contributed by atoms with Gasteiger partial charge in [0.1, 0.15) is 0 Å². The van der Waals surface area contributed by atoms with Crippen LogP contribution in [0.2, 0.25) is 0 Å². The van der Waals surface area contributed by atoms with Crippen LogP contribution in [0.15, 0.2) is 36.8 Å². The van der Waals surface area contributed by atoms with Gasteiger partial charge >= 0.3 is 0 Å². The van der Waals surface area contributed by atoms with Crippen LogP contribution in [0.3, 0.4) is 0 Å². The summed E-state index contributed by atoms with van der Waals surface area (Å²) < 4.78 is 4.48. The molecule has 3 nitrogen and oxygen atoms in total. The Kier molecular flexibility index (Phi) is 3.24. The van der Waals surface area contributed by atoms with Crippen LogP contribution < -0.4 is 4.57 Å². The Balaban J connectivity index is 2.61. The Bertz CT molecular complexity index is 533. The standard InChI is InChI=1S/C15H22N3/c1-12(2)17-11-9-16-14(17)13-8-6-7-10-18(13)15(3,4)5/h6-12H,1-5H3/q+1. The van der Waals surface area contributed by atoms with Crippen molar-refractivity contribution in [3.05, 3.63) is 36.8 Å². The Morgan fingerprint density at radius 1 is 1.22 bits per heavy atom. The van der Waals surface area contributed by atoms with E-state index in [9.17, 15) is 0 Å². The molecule has 0 unspecified atom stereocenters. The lowest BCUT2D eigenvalue weighted by atomic mass is 10.1. The lowest BCUT2D eigenvalue weighted by Crippen LogP contribution is -2.51. The molecule has 0 aromatic carbocycles. The number of pyridine rings is 1. The molecule has 0 bridgehead atoms. The average Bonchev–Trinajstić information content (AvgIpc) is 2.76. The summed E-state index contributed by atoms with van der Waals surface area (Å²) in [7, 11) is 0. The molecule has 96 valence electrons. The third kappa shape index (κ3) is 2.30. The van der Waals surface area contributed by atoms with Crippen molar-refractivity contribution in [2.24, 2.45) is 0 Å². The minimum absolute atomic E-state index is 0.0460. The Morgan fingerprint density at radius 2 is 1.94 bits per heavy atom. The van der Waals surface area contributed by atoms with Crippen molar-refractivity contribution < 1.29 is 4.57 Å². The van der Waals surface area contributed by atoms with E-state index in [1.165, 1.54) is 0 Å². The van der Waals surface area contributed by atoms with Gasteiger partial charge in [-0.3, -0.25) is 0 Å². The molecule has 0 fully saturated rings.